The molecular formula is C16H18N4O3. The molecule has 1 saturated carbocycles. The van der Waals surface area contributed by atoms with E-state index in [0.29, 0.717) is 18.5 Å². The Hall–Kier alpha value is -2.70. The Morgan fingerprint density at radius 1 is 1.26 bits per heavy atom. The van der Waals surface area contributed by atoms with Crippen LogP contribution in [-0.4, -0.2) is 38.0 Å². The summed E-state index contributed by atoms with van der Waals surface area (Å²) in [6.45, 7) is 1.77. The minimum Gasteiger partial charge on any atom is -0.481 e. The summed E-state index contributed by atoms with van der Waals surface area (Å²) in [7, 11) is 0. The summed E-state index contributed by atoms with van der Waals surface area (Å²) in [6, 6.07) is 9.07. The van der Waals surface area contributed by atoms with E-state index in [1.165, 1.54) is 0 Å². The Morgan fingerprint density at radius 2 is 2.00 bits per heavy atom. The number of rotatable bonds is 4. The number of hydrogen-bond acceptors (Lipinski definition) is 4. The first-order chi connectivity index (χ1) is 11.1. The van der Waals surface area contributed by atoms with Crippen molar-refractivity contribution in [3.05, 3.63) is 41.7 Å². The van der Waals surface area contributed by atoms with Crippen LogP contribution in [0.15, 0.2) is 30.3 Å². The van der Waals surface area contributed by atoms with Crippen molar-refractivity contribution >= 4 is 11.9 Å². The lowest BCUT2D eigenvalue weighted by molar-refractivity contribution is -0.142. The zero-order valence-corrected chi connectivity index (χ0v) is 12.8. The van der Waals surface area contributed by atoms with Crippen molar-refractivity contribution in [2.75, 3.05) is 0 Å². The number of nitrogens with one attached hydrogen (secondary N) is 1. The van der Waals surface area contributed by atoms with Crippen LogP contribution in [0.4, 0.5) is 0 Å². The number of benzene rings is 1. The van der Waals surface area contributed by atoms with Gasteiger partial charge in [-0.2, -0.15) is 0 Å². The molecule has 0 unspecified atom stereocenters. The topological polar surface area (TPSA) is 97.1 Å². The molecule has 1 fully saturated rings. The summed E-state index contributed by atoms with van der Waals surface area (Å²) in [5, 5.41) is 20.0. The number of aliphatic carboxylic acids is 1. The second-order valence-corrected chi connectivity index (χ2v) is 5.73. The number of para-hydroxylation sites is 1. The molecule has 1 aliphatic rings. The SMILES string of the molecule is Cc1c(C(=O)N[C@@H]2CCC[C@@H]2C(=O)O)nnn1-c1ccccc1. The van der Waals surface area contributed by atoms with Gasteiger partial charge in [0.25, 0.3) is 5.91 Å². The van der Waals surface area contributed by atoms with E-state index in [0.717, 1.165) is 12.1 Å². The normalized spacial score (nSPS) is 20.4. The molecule has 0 saturated heterocycles. The van der Waals surface area contributed by atoms with Crippen LogP contribution in [0.25, 0.3) is 5.69 Å². The quantitative estimate of drug-likeness (QED) is 0.892. The molecule has 2 aromatic rings. The van der Waals surface area contributed by atoms with E-state index >= 15 is 0 Å². The van der Waals surface area contributed by atoms with Crippen LogP contribution in [-0.2, 0) is 4.79 Å². The average Bonchev–Trinajstić information content (AvgIpc) is 3.14. The molecule has 3 rings (SSSR count). The van der Waals surface area contributed by atoms with Crippen LogP contribution in [0.3, 0.4) is 0 Å². The van der Waals surface area contributed by atoms with Gasteiger partial charge in [-0.05, 0) is 31.9 Å². The minimum absolute atomic E-state index is 0.227. The van der Waals surface area contributed by atoms with E-state index in [1.807, 2.05) is 30.3 Å². The lowest BCUT2D eigenvalue weighted by Crippen LogP contribution is -2.40. The fourth-order valence-electron chi connectivity index (χ4n) is 3.02. The Labute approximate surface area is 133 Å². The Bertz CT molecular complexity index is 726. The van der Waals surface area contributed by atoms with Crippen molar-refractivity contribution in [2.24, 2.45) is 5.92 Å². The first kappa shape index (κ1) is 15.2. The minimum atomic E-state index is -0.863. The van der Waals surface area contributed by atoms with Crippen LogP contribution < -0.4 is 5.32 Å². The van der Waals surface area contributed by atoms with E-state index in [4.69, 9.17) is 0 Å². The number of hydrogen-bond donors (Lipinski definition) is 2. The molecule has 2 N–H and O–H groups in total. The standard InChI is InChI=1S/C16H18N4O3/c1-10-14(18-19-20(10)11-6-3-2-4-7-11)15(21)17-13-9-5-8-12(13)16(22)23/h2-4,6-7,12-13H,5,8-9H2,1H3,(H,17,21)(H,22,23)/t12-,13+/m0/s1. The summed E-state index contributed by atoms with van der Waals surface area (Å²) in [5.41, 5.74) is 1.67. The Morgan fingerprint density at radius 3 is 2.70 bits per heavy atom. The molecule has 1 aromatic heterocycles. The van der Waals surface area contributed by atoms with Crippen molar-refractivity contribution < 1.29 is 14.7 Å². The van der Waals surface area contributed by atoms with Gasteiger partial charge in [-0.15, -0.1) is 5.10 Å². The van der Waals surface area contributed by atoms with Gasteiger partial charge in [-0.1, -0.05) is 29.8 Å². The first-order valence-corrected chi connectivity index (χ1v) is 7.59. The van der Waals surface area contributed by atoms with Crippen molar-refractivity contribution in [1.29, 1.82) is 0 Å². The van der Waals surface area contributed by atoms with Crippen molar-refractivity contribution in [2.45, 2.75) is 32.2 Å². The molecule has 1 amide bonds. The number of aromatic nitrogens is 3. The molecule has 0 bridgehead atoms. The van der Waals surface area contributed by atoms with Crippen LogP contribution in [0.5, 0.6) is 0 Å². The van der Waals surface area contributed by atoms with E-state index in [1.54, 1.807) is 11.6 Å². The number of carboxylic acid groups (broad SMARTS) is 1. The highest BCUT2D eigenvalue weighted by Gasteiger charge is 2.34. The monoisotopic (exact) mass is 314 g/mol. The summed E-state index contributed by atoms with van der Waals surface area (Å²) in [4.78, 5) is 23.6. The van der Waals surface area contributed by atoms with E-state index < -0.39 is 11.9 Å². The van der Waals surface area contributed by atoms with Crippen molar-refractivity contribution in [3.8, 4) is 5.69 Å². The lowest BCUT2D eigenvalue weighted by Gasteiger charge is -2.16. The smallest absolute Gasteiger partial charge is 0.308 e. The molecule has 120 valence electrons. The van der Waals surface area contributed by atoms with Gasteiger partial charge in [0.15, 0.2) is 5.69 Å². The molecule has 0 aliphatic heterocycles. The first-order valence-electron chi connectivity index (χ1n) is 7.59. The molecule has 1 aliphatic carbocycles. The zero-order chi connectivity index (χ0) is 16.4. The van der Waals surface area contributed by atoms with Gasteiger partial charge in [0.1, 0.15) is 0 Å². The van der Waals surface area contributed by atoms with Crippen LogP contribution in [0, 0.1) is 12.8 Å². The molecular weight excluding hydrogens is 296 g/mol. The lowest BCUT2D eigenvalue weighted by atomic mass is 10.0. The maximum Gasteiger partial charge on any atom is 0.308 e. The van der Waals surface area contributed by atoms with Gasteiger partial charge < -0.3 is 10.4 Å². The second kappa shape index (κ2) is 6.20. The molecule has 7 heteroatoms. The Kier molecular flexibility index (Phi) is 4.10. The predicted octanol–water partition coefficient (Wildman–Crippen LogP) is 1.56. The maximum atomic E-state index is 12.4. The average molecular weight is 314 g/mol. The van der Waals surface area contributed by atoms with Gasteiger partial charge in [0, 0.05) is 6.04 Å². The third-order valence-electron chi connectivity index (χ3n) is 4.26. The van der Waals surface area contributed by atoms with Crippen LogP contribution >= 0.6 is 0 Å². The maximum absolute atomic E-state index is 12.4. The molecule has 1 aromatic carbocycles. The highest BCUT2D eigenvalue weighted by atomic mass is 16.4. The van der Waals surface area contributed by atoms with Crippen molar-refractivity contribution in [1.82, 2.24) is 20.3 Å². The third kappa shape index (κ3) is 2.94. The van der Waals surface area contributed by atoms with Gasteiger partial charge >= 0.3 is 5.97 Å². The summed E-state index contributed by atoms with van der Waals surface area (Å²) in [5.74, 6) is -1.76. The molecule has 23 heavy (non-hydrogen) atoms. The Balaban J connectivity index is 1.79. The summed E-state index contributed by atoms with van der Waals surface area (Å²) < 4.78 is 1.60. The molecule has 7 nitrogen and oxygen atoms in total. The van der Waals surface area contributed by atoms with E-state index in [2.05, 4.69) is 15.6 Å². The van der Waals surface area contributed by atoms with E-state index in [9.17, 15) is 14.7 Å². The van der Waals surface area contributed by atoms with E-state index in [-0.39, 0.29) is 17.6 Å². The van der Waals surface area contributed by atoms with Gasteiger partial charge in [0.05, 0.1) is 17.3 Å². The van der Waals surface area contributed by atoms with Gasteiger partial charge in [-0.25, -0.2) is 4.68 Å². The number of carbonyl (C=O) groups is 2. The third-order valence-corrected chi connectivity index (χ3v) is 4.26. The van der Waals surface area contributed by atoms with Crippen LogP contribution in [0.2, 0.25) is 0 Å². The summed E-state index contributed by atoms with van der Waals surface area (Å²) >= 11 is 0. The highest BCUT2D eigenvalue weighted by molar-refractivity contribution is 5.93. The second-order valence-electron chi connectivity index (χ2n) is 5.73. The number of carbonyl (C=O) groups excluding carboxylic acids is 1. The fraction of sp³-hybridized carbons (Fsp3) is 0.375. The number of carboxylic acids is 1. The number of nitrogens with zero attached hydrogens (tertiary/aromatic N) is 3. The molecule has 0 radical (unpaired) electrons. The summed E-state index contributed by atoms with van der Waals surface area (Å²) in [6.07, 6.45) is 2.07. The highest BCUT2D eigenvalue weighted by Crippen LogP contribution is 2.26. The fourth-order valence-corrected chi connectivity index (χ4v) is 3.02. The molecule has 1 heterocycles. The molecule has 2 atom stereocenters. The molecule has 0 spiro atoms. The zero-order valence-electron chi connectivity index (χ0n) is 12.8. The number of amides is 1. The predicted molar refractivity (Wildman–Crippen MR) is 82.3 cm³/mol. The van der Waals surface area contributed by atoms with Gasteiger partial charge in [0.2, 0.25) is 0 Å². The largest absolute Gasteiger partial charge is 0.481 e. The van der Waals surface area contributed by atoms with Gasteiger partial charge in [-0.3, -0.25) is 9.59 Å². The van der Waals surface area contributed by atoms with Crippen molar-refractivity contribution in [3.63, 3.8) is 0 Å². The van der Waals surface area contributed by atoms with Crippen LogP contribution in [0.1, 0.15) is 35.4 Å².